The topological polar surface area (TPSA) is 6.48 Å². The molecule has 0 N–H and O–H groups in total. The van der Waals surface area contributed by atoms with Crippen molar-refractivity contribution < 1.29 is 0 Å². The summed E-state index contributed by atoms with van der Waals surface area (Å²) in [5.74, 6) is 0. The van der Waals surface area contributed by atoms with Crippen molar-refractivity contribution in [2.75, 3.05) is 37.6 Å². The molecule has 3 aromatic rings. The SMILES string of the molecule is CCN1CCN(c2c(-c3ccccc3)sc3ccccc23)CC1. The van der Waals surface area contributed by atoms with E-state index in [9.17, 15) is 0 Å². The number of thiophene rings is 1. The molecule has 0 saturated carbocycles. The number of hydrogen-bond acceptors (Lipinski definition) is 3. The normalized spacial score (nSPS) is 16.1. The first kappa shape index (κ1) is 14.7. The molecule has 0 bridgehead atoms. The molecule has 2 heterocycles. The summed E-state index contributed by atoms with van der Waals surface area (Å²) < 4.78 is 1.39. The van der Waals surface area contributed by atoms with Crippen LogP contribution in [-0.4, -0.2) is 37.6 Å². The quantitative estimate of drug-likeness (QED) is 0.689. The molecule has 2 aromatic carbocycles. The molecule has 0 amide bonds. The lowest BCUT2D eigenvalue weighted by Gasteiger charge is -2.36. The third kappa shape index (κ3) is 2.75. The Morgan fingerprint density at radius 1 is 0.870 bits per heavy atom. The van der Waals surface area contributed by atoms with E-state index < -0.39 is 0 Å². The highest BCUT2D eigenvalue weighted by atomic mass is 32.1. The minimum absolute atomic E-state index is 1.12. The van der Waals surface area contributed by atoms with Crippen molar-refractivity contribution in [1.29, 1.82) is 0 Å². The van der Waals surface area contributed by atoms with Gasteiger partial charge in [-0.2, -0.15) is 0 Å². The van der Waals surface area contributed by atoms with E-state index in [0.717, 1.165) is 32.7 Å². The van der Waals surface area contributed by atoms with Crippen LogP contribution < -0.4 is 4.90 Å². The predicted molar refractivity (Wildman–Crippen MR) is 102 cm³/mol. The fraction of sp³-hybridized carbons (Fsp3) is 0.300. The molecule has 1 aromatic heterocycles. The molecule has 0 spiro atoms. The summed E-state index contributed by atoms with van der Waals surface area (Å²) >= 11 is 1.92. The highest BCUT2D eigenvalue weighted by Gasteiger charge is 2.22. The first-order valence-corrected chi connectivity index (χ1v) is 9.22. The van der Waals surface area contributed by atoms with Gasteiger partial charge < -0.3 is 9.80 Å². The van der Waals surface area contributed by atoms with Crippen molar-refractivity contribution in [1.82, 2.24) is 4.90 Å². The number of piperazine rings is 1. The van der Waals surface area contributed by atoms with E-state index in [-0.39, 0.29) is 0 Å². The van der Waals surface area contributed by atoms with Crippen molar-refractivity contribution in [3.63, 3.8) is 0 Å². The van der Waals surface area contributed by atoms with Crippen molar-refractivity contribution in [3.8, 4) is 10.4 Å². The minimum Gasteiger partial charge on any atom is -0.367 e. The maximum absolute atomic E-state index is 2.59. The zero-order chi connectivity index (χ0) is 15.6. The third-order valence-corrected chi connectivity index (χ3v) is 5.95. The highest BCUT2D eigenvalue weighted by Crippen LogP contribution is 2.44. The number of fused-ring (bicyclic) bond motifs is 1. The van der Waals surface area contributed by atoms with Crippen LogP contribution in [0.1, 0.15) is 6.92 Å². The Morgan fingerprint density at radius 2 is 1.57 bits per heavy atom. The molecule has 0 unspecified atom stereocenters. The monoisotopic (exact) mass is 322 g/mol. The molecule has 1 saturated heterocycles. The van der Waals surface area contributed by atoms with E-state index in [1.807, 2.05) is 11.3 Å². The molecule has 118 valence electrons. The lowest BCUT2D eigenvalue weighted by molar-refractivity contribution is 0.271. The van der Waals surface area contributed by atoms with Gasteiger partial charge in [-0.1, -0.05) is 55.5 Å². The Labute approximate surface area is 142 Å². The van der Waals surface area contributed by atoms with E-state index in [4.69, 9.17) is 0 Å². The summed E-state index contributed by atoms with van der Waals surface area (Å²) in [5.41, 5.74) is 2.77. The molecule has 1 aliphatic rings. The lowest BCUT2D eigenvalue weighted by atomic mass is 10.1. The van der Waals surface area contributed by atoms with Gasteiger partial charge >= 0.3 is 0 Å². The van der Waals surface area contributed by atoms with E-state index in [2.05, 4.69) is 71.3 Å². The van der Waals surface area contributed by atoms with Crippen molar-refractivity contribution >= 4 is 27.1 Å². The average molecular weight is 322 g/mol. The molecule has 1 aliphatic heterocycles. The molecule has 23 heavy (non-hydrogen) atoms. The first-order chi connectivity index (χ1) is 11.4. The molecule has 4 rings (SSSR count). The van der Waals surface area contributed by atoms with Gasteiger partial charge in [0.15, 0.2) is 0 Å². The molecule has 0 aliphatic carbocycles. The second kappa shape index (κ2) is 6.34. The van der Waals surface area contributed by atoms with Crippen LogP contribution >= 0.6 is 11.3 Å². The Balaban J connectivity index is 1.81. The van der Waals surface area contributed by atoms with Crippen molar-refractivity contribution in [2.24, 2.45) is 0 Å². The summed E-state index contributed by atoms with van der Waals surface area (Å²) in [6.07, 6.45) is 0. The van der Waals surface area contributed by atoms with Gasteiger partial charge in [-0.05, 0) is 18.2 Å². The Bertz CT molecular complexity index is 786. The summed E-state index contributed by atoms with van der Waals surface area (Å²) in [6.45, 7) is 7.97. The predicted octanol–water partition coefficient (Wildman–Crippen LogP) is 4.71. The third-order valence-electron chi connectivity index (χ3n) is 4.74. The van der Waals surface area contributed by atoms with E-state index in [1.165, 1.54) is 26.2 Å². The smallest absolute Gasteiger partial charge is 0.0636 e. The van der Waals surface area contributed by atoms with Crippen molar-refractivity contribution in [2.45, 2.75) is 6.92 Å². The number of benzene rings is 2. The van der Waals surface area contributed by atoms with Crippen LogP contribution in [0.4, 0.5) is 5.69 Å². The van der Waals surface area contributed by atoms with E-state index in [1.54, 1.807) is 0 Å². The van der Waals surface area contributed by atoms with Gasteiger partial charge in [0.1, 0.15) is 0 Å². The van der Waals surface area contributed by atoms with Crippen LogP contribution in [0.2, 0.25) is 0 Å². The van der Waals surface area contributed by atoms with Crippen molar-refractivity contribution in [3.05, 3.63) is 54.6 Å². The summed E-state index contributed by atoms with van der Waals surface area (Å²) in [7, 11) is 0. The molecule has 0 radical (unpaired) electrons. The second-order valence-corrected chi connectivity index (χ2v) is 7.12. The van der Waals surface area contributed by atoms with E-state index in [0.29, 0.717) is 0 Å². The largest absolute Gasteiger partial charge is 0.367 e. The zero-order valence-corrected chi connectivity index (χ0v) is 14.4. The van der Waals surface area contributed by atoms with Crippen LogP contribution in [0.15, 0.2) is 54.6 Å². The Morgan fingerprint density at radius 3 is 2.30 bits per heavy atom. The number of nitrogens with zero attached hydrogens (tertiary/aromatic N) is 2. The van der Waals surface area contributed by atoms with Gasteiger partial charge in [0, 0.05) is 36.3 Å². The number of likely N-dealkylation sites (N-methyl/N-ethyl adjacent to an activating group) is 1. The summed E-state index contributed by atoms with van der Waals surface area (Å²) in [5, 5.41) is 1.40. The molecule has 1 fully saturated rings. The van der Waals surface area contributed by atoms with Crippen LogP contribution in [0.3, 0.4) is 0 Å². The van der Waals surface area contributed by atoms with Crippen LogP contribution in [-0.2, 0) is 0 Å². The molecule has 0 atom stereocenters. The lowest BCUT2D eigenvalue weighted by Crippen LogP contribution is -2.46. The minimum atomic E-state index is 1.12. The van der Waals surface area contributed by atoms with Crippen LogP contribution in [0, 0.1) is 0 Å². The standard InChI is InChI=1S/C20H22N2S/c1-2-21-12-14-22(15-13-21)19-17-10-6-7-11-18(17)23-20(19)16-8-4-3-5-9-16/h3-11H,2,12-15H2,1H3. The highest BCUT2D eigenvalue weighted by molar-refractivity contribution is 7.23. The molecular formula is C20H22N2S. The maximum Gasteiger partial charge on any atom is 0.0636 e. The van der Waals surface area contributed by atoms with E-state index >= 15 is 0 Å². The zero-order valence-electron chi connectivity index (χ0n) is 13.5. The summed E-state index contributed by atoms with van der Waals surface area (Å²) in [6, 6.07) is 19.7. The number of rotatable bonds is 3. The van der Waals surface area contributed by atoms with Gasteiger partial charge in [-0.3, -0.25) is 0 Å². The average Bonchev–Trinajstić information content (AvgIpc) is 3.02. The fourth-order valence-corrected chi connectivity index (χ4v) is 4.65. The van der Waals surface area contributed by atoms with Crippen LogP contribution in [0.5, 0.6) is 0 Å². The molecule has 3 heteroatoms. The maximum atomic E-state index is 2.59. The number of anilines is 1. The van der Waals surface area contributed by atoms with Gasteiger partial charge in [0.05, 0.1) is 10.6 Å². The van der Waals surface area contributed by atoms with Crippen LogP contribution in [0.25, 0.3) is 20.5 Å². The summed E-state index contributed by atoms with van der Waals surface area (Å²) in [4.78, 5) is 6.54. The van der Waals surface area contributed by atoms with Gasteiger partial charge in [0.2, 0.25) is 0 Å². The Hall–Kier alpha value is -1.84. The number of hydrogen-bond donors (Lipinski definition) is 0. The molecular weight excluding hydrogens is 300 g/mol. The molecule has 2 nitrogen and oxygen atoms in total. The fourth-order valence-electron chi connectivity index (χ4n) is 3.42. The second-order valence-electron chi connectivity index (χ2n) is 6.06. The van der Waals surface area contributed by atoms with Gasteiger partial charge in [-0.25, -0.2) is 0 Å². The Kier molecular flexibility index (Phi) is 4.06. The van der Waals surface area contributed by atoms with Gasteiger partial charge in [0.25, 0.3) is 0 Å². The first-order valence-electron chi connectivity index (χ1n) is 8.41. The van der Waals surface area contributed by atoms with Gasteiger partial charge in [-0.15, -0.1) is 11.3 Å².